The molecule has 0 bridgehead atoms. The molecule has 4 rings (SSSR count). The Morgan fingerprint density at radius 3 is 1.38 bits per heavy atom. The second-order valence-electron chi connectivity index (χ2n) is 19.9. The first-order valence-electron chi connectivity index (χ1n) is 26.0. The van der Waals surface area contributed by atoms with Gasteiger partial charge in [-0.2, -0.15) is 0 Å². The van der Waals surface area contributed by atoms with Crippen molar-refractivity contribution in [2.45, 2.75) is 169 Å². The highest BCUT2D eigenvalue weighted by Crippen LogP contribution is 2.30. The monoisotopic (exact) mass is 1030 g/mol. The van der Waals surface area contributed by atoms with E-state index in [9.17, 15) is 29.4 Å². The molecule has 0 aromatic carbocycles. The number of esters is 2. The van der Waals surface area contributed by atoms with Crippen LogP contribution in [0.4, 0.5) is 9.59 Å². The van der Waals surface area contributed by atoms with Gasteiger partial charge in [0.2, 0.25) is 0 Å². The molecule has 408 valence electrons. The van der Waals surface area contributed by atoms with E-state index >= 15 is 0 Å². The van der Waals surface area contributed by atoms with Crippen LogP contribution in [0.2, 0.25) is 0 Å². The highest BCUT2D eigenvalue weighted by Gasteiger charge is 2.38. The van der Waals surface area contributed by atoms with Gasteiger partial charge in [0.25, 0.3) is 0 Å². The van der Waals surface area contributed by atoms with Gasteiger partial charge >= 0.3 is 24.1 Å². The Bertz CT molecular complexity index is 2040. The van der Waals surface area contributed by atoms with Gasteiger partial charge in [-0.05, 0) is 78.4 Å². The lowest BCUT2D eigenvalue weighted by Crippen LogP contribution is -2.51. The Hall–Kier alpha value is -5.80. The number of amides is 2. The number of hydrogen-bond acceptors (Lipinski definition) is 12. The van der Waals surface area contributed by atoms with E-state index in [0.29, 0.717) is 37.5 Å². The molecule has 4 N–H and O–H groups in total. The van der Waals surface area contributed by atoms with E-state index in [1.54, 1.807) is 0 Å². The summed E-state index contributed by atoms with van der Waals surface area (Å²) in [5, 5.41) is 26.8. The Balaban J connectivity index is 0.000000390. The number of hydrogen-bond donors (Lipinski definition) is 4. The Morgan fingerprint density at radius 1 is 0.662 bits per heavy atom. The van der Waals surface area contributed by atoms with Crippen molar-refractivity contribution in [3.8, 4) is 0 Å². The van der Waals surface area contributed by atoms with Gasteiger partial charge in [0.1, 0.15) is 12.2 Å². The molecule has 0 saturated carbocycles. The average Bonchev–Trinajstić information content (AvgIpc) is 3.34. The van der Waals surface area contributed by atoms with Crippen molar-refractivity contribution in [2.75, 3.05) is 14.2 Å². The first-order valence-corrected chi connectivity index (χ1v) is 26.0. The van der Waals surface area contributed by atoms with E-state index in [1.165, 1.54) is 37.5 Å². The summed E-state index contributed by atoms with van der Waals surface area (Å²) < 4.78 is 32.6. The summed E-state index contributed by atoms with van der Waals surface area (Å²) in [5.74, 6) is -0.0299. The van der Waals surface area contributed by atoms with Crippen LogP contribution in [0.3, 0.4) is 0 Å². The topological polar surface area (TPSA) is 188 Å². The fourth-order valence-electron chi connectivity index (χ4n) is 9.09. The summed E-state index contributed by atoms with van der Waals surface area (Å²) in [7, 11) is 2.65. The lowest BCUT2D eigenvalue weighted by Gasteiger charge is -2.39. The molecule has 2 fully saturated rings. The van der Waals surface area contributed by atoms with E-state index < -0.39 is 36.5 Å². The van der Waals surface area contributed by atoms with Crippen molar-refractivity contribution in [2.24, 2.45) is 23.7 Å². The Morgan fingerprint density at radius 2 is 1.04 bits per heavy atom. The van der Waals surface area contributed by atoms with Crippen LogP contribution in [0, 0.1) is 23.7 Å². The number of aliphatic hydroxyl groups excluding tert-OH is 2. The van der Waals surface area contributed by atoms with Gasteiger partial charge in [-0.15, -0.1) is 0 Å². The van der Waals surface area contributed by atoms with Crippen LogP contribution in [0.5, 0.6) is 0 Å². The molecule has 4 aliphatic rings. The number of nitrogens with one attached hydrogen (secondary N) is 2. The largest absolute Gasteiger partial charge is 0.455 e. The summed E-state index contributed by atoms with van der Waals surface area (Å²) in [6.45, 7) is 20.3. The van der Waals surface area contributed by atoms with Crippen molar-refractivity contribution in [1.29, 1.82) is 0 Å². The van der Waals surface area contributed by atoms with Gasteiger partial charge in [-0.3, -0.25) is 0 Å². The first kappa shape index (κ1) is 62.5. The van der Waals surface area contributed by atoms with E-state index in [-0.39, 0.29) is 60.4 Å². The van der Waals surface area contributed by atoms with Crippen LogP contribution in [0.1, 0.15) is 108 Å². The normalized spacial score (nSPS) is 29.1. The lowest BCUT2D eigenvalue weighted by atomic mass is 9.87. The van der Waals surface area contributed by atoms with Gasteiger partial charge in [0.15, 0.2) is 0 Å². The molecule has 0 unspecified atom stereocenters. The van der Waals surface area contributed by atoms with Crippen molar-refractivity contribution in [1.82, 2.24) is 10.6 Å². The van der Waals surface area contributed by atoms with Crippen LogP contribution in [-0.4, -0.2) is 109 Å². The maximum atomic E-state index is 12.0. The zero-order valence-electron chi connectivity index (χ0n) is 45.8. The van der Waals surface area contributed by atoms with Crippen LogP contribution in [-0.2, 0) is 38.0 Å². The average molecular weight is 1030 g/mol. The fourth-order valence-corrected chi connectivity index (χ4v) is 9.09. The van der Waals surface area contributed by atoms with E-state index in [0.717, 1.165) is 24.0 Å². The first-order chi connectivity index (χ1) is 35.2. The Labute approximate surface area is 441 Å². The zero-order chi connectivity index (χ0) is 54.7. The van der Waals surface area contributed by atoms with Crippen molar-refractivity contribution >= 4 is 24.1 Å². The highest BCUT2D eigenvalue weighted by atomic mass is 16.6. The third kappa shape index (κ3) is 23.2. The molecule has 0 aromatic rings. The molecule has 2 saturated heterocycles. The van der Waals surface area contributed by atoms with Gasteiger partial charge < -0.3 is 49.3 Å². The molecule has 4 heterocycles. The standard InChI is InChI=1S/2C30H43NO6/c2*1-7-10-27-23(5)26(32)19-28(37-27)25(31-30(34)35-6)13-8-11-20(2)17-22(4)18-21(3)15-16-24-12-9-14-29(33)36-24/h2*7-11,13-16,18,22-28,32H,12,17,19H2,1-6H3,(H,31,34)/b2*10-7+,13-8+,16-15+,20-11+,21-18-/t22-,23+,24-,25+,26-,27+,28+;22-,23+,24-,25-,26-,27+,28+/m11/s1. The number of rotatable bonds is 20. The fraction of sp³-hybridized carbons (Fsp3) is 0.533. The van der Waals surface area contributed by atoms with Crippen molar-refractivity contribution < 1.29 is 57.8 Å². The van der Waals surface area contributed by atoms with Crippen molar-refractivity contribution in [3.05, 3.63) is 144 Å². The minimum absolute atomic E-state index is 0.0280. The highest BCUT2D eigenvalue weighted by molar-refractivity contribution is 5.83. The number of ether oxygens (including phenoxy) is 6. The molecule has 74 heavy (non-hydrogen) atoms. The molecule has 14 atom stereocenters. The van der Waals surface area contributed by atoms with E-state index in [1.807, 2.05) is 139 Å². The van der Waals surface area contributed by atoms with Crippen molar-refractivity contribution in [3.63, 3.8) is 0 Å². The third-order valence-corrected chi connectivity index (χ3v) is 13.1. The summed E-state index contributed by atoms with van der Waals surface area (Å²) >= 11 is 0. The Kier molecular flexibility index (Phi) is 28.0. The molecular weight excluding hydrogens is 941 g/mol. The number of carbonyl (C=O) groups excluding carboxylic acids is 4. The number of alkyl carbamates (subject to hydrolysis) is 2. The third-order valence-electron chi connectivity index (χ3n) is 13.1. The molecule has 0 spiro atoms. The molecule has 4 aliphatic heterocycles. The summed E-state index contributed by atoms with van der Waals surface area (Å²) in [5.41, 5.74) is 4.60. The molecular formula is C60H86N2O12. The number of methoxy groups -OCH3 is 2. The van der Waals surface area contributed by atoms with Gasteiger partial charge in [0, 0.05) is 49.7 Å². The van der Waals surface area contributed by atoms with E-state index in [2.05, 4.69) is 50.5 Å². The van der Waals surface area contributed by atoms with Gasteiger partial charge in [-0.25, -0.2) is 19.2 Å². The number of allylic oxidation sites excluding steroid dienone is 14. The predicted octanol–water partition coefficient (Wildman–Crippen LogP) is 10.7. The number of aliphatic hydroxyl groups is 2. The van der Waals surface area contributed by atoms with Crippen LogP contribution >= 0.6 is 0 Å². The second kappa shape index (κ2) is 33.2. The van der Waals surface area contributed by atoms with Crippen LogP contribution in [0.15, 0.2) is 144 Å². The minimum atomic E-state index is -0.545. The number of carbonyl (C=O) groups is 4. The summed E-state index contributed by atoms with van der Waals surface area (Å²) in [6.07, 6.45) is 38.4. The molecule has 0 aliphatic carbocycles. The van der Waals surface area contributed by atoms with Crippen LogP contribution in [0.25, 0.3) is 0 Å². The number of cyclic esters (lactones) is 2. The second-order valence-corrected chi connectivity index (χ2v) is 19.9. The summed E-state index contributed by atoms with van der Waals surface area (Å²) in [4.78, 5) is 46.7. The molecule has 0 aromatic heterocycles. The van der Waals surface area contributed by atoms with Crippen LogP contribution < -0.4 is 10.6 Å². The molecule has 14 nitrogen and oxygen atoms in total. The molecule has 2 amide bonds. The molecule has 0 radical (unpaired) electrons. The summed E-state index contributed by atoms with van der Waals surface area (Å²) in [6, 6.07) is -0.889. The van der Waals surface area contributed by atoms with Gasteiger partial charge in [0.05, 0.1) is 62.9 Å². The maximum Gasteiger partial charge on any atom is 0.407 e. The quantitative estimate of drug-likeness (QED) is 0.0392. The molecule has 14 heteroatoms. The lowest BCUT2D eigenvalue weighted by molar-refractivity contribution is -0.142. The van der Waals surface area contributed by atoms with E-state index in [4.69, 9.17) is 28.4 Å². The van der Waals surface area contributed by atoms with Gasteiger partial charge in [-0.1, -0.05) is 147 Å². The zero-order valence-corrected chi connectivity index (χ0v) is 45.8. The SMILES string of the molecule is C/C=C/[C@@H]1O[C@H]([C@@H](/C=C/C=C(\C)C[C@@H](C)/C=C(C)\C=C\[C@H]2CC=CC(=O)O2)NC(=O)OC)C[C@@H](O)[C@@H]1C.C/C=C/[C@@H]1O[C@H]([C@H](/C=C/C=C(\C)C[C@@H](C)/C=C(C)\C=C\[C@H]2CC=CC(=O)O2)NC(=O)OC)C[C@@H](O)[C@@H]1C. The minimum Gasteiger partial charge on any atom is -0.455 e. The maximum absolute atomic E-state index is 12.0. The predicted molar refractivity (Wildman–Crippen MR) is 292 cm³/mol. The smallest absolute Gasteiger partial charge is 0.407 e.